The third-order valence-electron chi connectivity index (χ3n) is 4.31. The number of ether oxygens (including phenoxy) is 2. The number of hydrogen-bond acceptors (Lipinski definition) is 7. The molecule has 1 aromatic carbocycles. The van der Waals surface area contributed by atoms with E-state index in [0.29, 0.717) is 11.3 Å². The number of fused-ring (bicyclic) bond motifs is 1. The van der Waals surface area contributed by atoms with E-state index in [1.165, 1.54) is 7.11 Å². The summed E-state index contributed by atoms with van der Waals surface area (Å²) in [7, 11) is 1.17. The molecular weight excluding hydrogens is 344 g/mol. The average Bonchev–Trinajstić information content (AvgIpc) is 2.93. The van der Waals surface area contributed by atoms with Gasteiger partial charge >= 0.3 is 11.9 Å². The van der Waals surface area contributed by atoms with Crippen LogP contribution in [0.2, 0.25) is 0 Å². The van der Waals surface area contributed by atoms with Crippen molar-refractivity contribution in [3.05, 3.63) is 39.9 Å². The van der Waals surface area contributed by atoms with Gasteiger partial charge in [0.05, 0.1) is 26.1 Å². The molecular formula is C17H20N2O7. The van der Waals surface area contributed by atoms with Crippen LogP contribution in [0.1, 0.15) is 31.2 Å². The summed E-state index contributed by atoms with van der Waals surface area (Å²) in [4.78, 5) is 47.4. The summed E-state index contributed by atoms with van der Waals surface area (Å²) in [6, 6.07) is 5.23. The predicted molar refractivity (Wildman–Crippen MR) is 90.0 cm³/mol. The molecule has 9 nitrogen and oxygen atoms in total. The van der Waals surface area contributed by atoms with Crippen LogP contribution in [-0.2, 0) is 23.9 Å². The first-order chi connectivity index (χ1) is 12.4. The van der Waals surface area contributed by atoms with Crippen LogP contribution in [0, 0.1) is 16.0 Å². The molecule has 1 unspecified atom stereocenters. The highest BCUT2D eigenvalue weighted by Gasteiger charge is 2.50. The van der Waals surface area contributed by atoms with Gasteiger partial charge in [0.1, 0.15) is 5.92 Å². The van der Waals surface area contributed by atoms with Crippen molar-refractivity contribution >= 4 is 23.5 Å². The van der Waals surface area contributed by atoms with Crippen molar-refractivity contribution in [3.63, 3.8) is 0 Å². The van der Waals surface area contributed by atoms with Crippen LogP contribution in [0.15, 0.2) is 24.3 Å². The Bertz CT molecular complexity index is 719. The SMILES string of the molecule is CCOC(=O)[C@H](C1C(=O)Nc2ccccc21)[C@H](CCC(=O)OC)[N+](=O)[O-]. The van der Waals surface area contributed by atoms with Gasteiger partial charge in [-0.05, 0) is 18.6 Å². The molecule has 0 saturated heterocycles. The Kier molecular flexibility index (Phi) is 6.26. The van der Waals surface area contributed by atoms with E-state index >= 15 is 0 Å². The first-order valence-corrected chi connectivity index (χ1v) is 8.17. The molecule has 1 aliphatic heterocycles. The number of esters is 2. The first-order valence-electron chi connectivity index (χ1n) is 8.17. The second-order valence-electron chi connectivity index (χ2n) is 5.80. The van der Waals surface area contributed by atoms with Gasteiger partial charge in [-0.3, -0.25) is 24.5 Å². The van der Waals surface area contributed by atoms with Crippen molar-refractivity contribution in [2.75, 3.05) is 19.0 Å². The molecule has 0 spiro atoms. The summed E-state index contributed by atoms with van der Waals surface area (Å²) in [6.45, 7) is 1.60. The van der Waals surface area contributed by atoms with E-state index in [2.05, 4.69) is 10.1 Å². The van der Waals surface area contributed by atoms with Gasteiger partial charge in [-0.15, -0.1) is 0 Å². The molecule has 9 heteroatoms. The Morgan fingerprint density at radius 2 is 2.04 bits per heavy atom. The Morgan fingerprint density at radius 1 is 1.35 bits per heavy atom. The number of rotatable bonds is 8. The lowest BCUT2D eigenvalue weighted by atomic mass is 9.80. The molecule has 2 rings (SSSR count). The number of para-hydroxylation sites is 1. The van der Waals surface area contributed by atoms with Crippen molar-refractivity contribution in [1.82, 2.24) is 0 Å². The highest BCUT2D eigenvalue weighted by Crippen LogP contribution is 2.40. The number of amides is 1. The Labute approximate surface area is 149 Å². The molecule has 0 saturated carbocycles. The molecule has 140 valence electrons. The number of nitrogens with one attached hydrogen (secondary N) is 1. The quantitative estimate of drug-likeness (QED) is 0.421. The third-order valence-corrected chi connectivity index (χ3v) is 4.31. The zero-order valence-electron chi connectivity index (χ0n) is 14.5. The number of nitrogens with zero attached hydrogens (tertiary/aromatic N) is 1. The molecule has 0 aliphatic carbocycles. The average molecular weight is 364 g/mol. The van der Waals surface area contributed by atoms with Crippen LogP contribution >= 0.6 is 0 Å². The monoisotopic (exact) mass is 364 g/mol. The summed E-state index contributed by atoms with van der Waals surface area (Å²) in [6.07, 6.45) is -0.483. The highest BCUT2D eigenvalue weighted by molar-refractivity contribution is 6.05. The highest BCUT2D eigenvalue weighted by atomic mass is 16.6. The number of nitro groups is 1. The molecule has 1 aliphatic rings. The molecule has 1 heterocycles. The smallest absolute Gasteiger partial charge is 0.317 e. The zero-order valence-corrected chi connectivity index (χ0v) is 14.5. The molecule has 1 aromatic rings. The van der Waals surface area contributed by atoms with Gasteiger partial charge in [-0.2, -0.15) is 0 Å². The van der Waals surface area contributed by atoms with Gasteiger partial charge < -0.3 is 14.8 Å². The van der Waals surface area contributed by atoms with Crippen LogP contribution in [0.25, 0.3) is 0 Å². The fraction of sp³-hybridized carbons (Fsp3) is 0.471. The Morgan fingerprint density at radius 3 is 2.65 bits per heavy atom. The lowest BCUT2D eigenvalue weighted by molar-refractivity contribution is -0.531. The number of carbonyl (C=O) groups is 3. The van der Waals surface area contributed by atoms with Gasteiger partial charge in [0, 0.05) is 17.0 Å². The molecule has 0 radical (unpaired) electrons. The summed E-state index contributed by atoms with van der Waals surface area (Å²) in [5.74, 6) is -4.38. The van der Waals surface area contributed by atoms with Crippen molar-refractivity contribution in [1.29, 1.82) is 0 Å². The maximum atomic E-state index is 12.5. The number of anilines is 1. The minimum absolute atomic E-state index is 0.0206. The molecule has 26 heavy (non-hydrogen) atoms. The molecule has 0 aromatic heterocycles. The van der Waals surface area contributed by atoms with Crippen molar-refractivity contribution < 1.29 is 28.8 Å². The van der Waals surface area contributed by atoms with E-state index in [0.717, 1.165) is 0 Å². The minimum Gasteiger partial charge on any atom is -0.469 e. The number of benzene rings is 1. The molecule has 0 fully saturated rings. The molecule has 1 N–H and O–H groups in total. The van der Waals surface area contributed by atoms with Gasteiger partial charge in [0.25, 0.3) is 0 Å². The summed E-state index contributed by atoms with van der Waals surface area (Å²) in [5.41, 5.74) is 1.01. The van der Waals surface area contributed by atoms with Gasteiger partial charge in [-0.1, -0.05) is 18.2 Å². The van der Waals surface area contributed by atoms with E-state index < -0.39 is 40.6 Å². The van der Waals surface area contributed by atoms with Crippen LogP contribution in [0.5, 0.6) is 0 Å². The maximum Gasteiger partial charge on any atom is 0.317 e. The Balaban J connectivity index is 2.41. The summed E-state index contributed by atoms with van der Waals surface area (Å²) < 4.78 is 9.52. The summed E-state index contributed by atoms with van der Waals surface area (Å²) in [5, 5.41) is 14.3. The van der Waals surface area contributed by atoms with E-state index in [1.807, 2.05) is 0 Å². The zero-order chi connectivity index (χ0) is 19.3. The van der Waals surface area contributed by atoms with Gasteiger partial charge in [0.2, 0.25) is 11.9 Å². The predicted octanol–water partition coefficient (Wildman–Crippen LogP) is 1.50. The number of methoxy groups -OCH3 is 1. The van der Waals surface area contributed by atoms with Crippen LogP contribution < -0.4 is 5.32 Å². The lowest BCUT2D eigenvalue weighted by Gasteiger charge is -2.23. The first kappa shape index (κ1) is 19.4. The van der Waals surface area contributed by atoms with E-state index in [1.54, 1.807) is 31.2 Å². The van der Waals surface area contributed by atoms with E-state index in [4.69, 9.17) is 4.74 Å². The van der Waals surface area contributed by atoms with Gasteiger partial charge in [-0.25, -0.2) is 0 Å². The second kappa shape index (κ2) is 8.41. The molecule has 0 bridgehead atoms. The van der Waals surface area contributed by atoms with Crippen LogP contribution in [0.4, 0.5) is 5.69 Å². The van der Waals surface area contributed by atoms with Crippen molar-refractivity contribution in [3.8, 4) is 0 Å². The van der Waals surface area contributed by atoms with E-state index in [9.17, 15) is 24.5 Å². The van der Waals surface area contributed by atoms with Crippen molar-refractivity contribution in [2.24, 2.45) is 5.92 Å². The van der Waals surface area contributed by atoms with Gasteiger partial charge in [0.15, 0.2) is 0 Å². The standard InChI is InChI=1S/C17H20N2O7/c1-3-26-17(22)15(12(19(23)24)8-9-13(20)25-2)14-10-6-4-5-7-11(10)18-16(14)21/h4-7,12,14-15H,3,8-9H2,1-2H3,(H,18,21)/t12-,14?,15-/m0/s1. The lowest BCUT2D eigenvalue weighted by Crippen LogP contribution is -2.42. The molecule has 1 amide bonds. The minimum atomic E-state index is -1.46. The summed E-state index contributed by atoms with van der Waals surface area (Å²) >= 11 is 0. The number of carbonyl (C=O) groups excluding carboxylic acids is 3. The topological polar surface area (TPSA) is 125 Å². The maximum absolute atomic E-state index is 12.5. The molecule has 3 atom stereocenters. The number of hydrogen-bond donors (Lipinski definition) is 1. The van der Waals surface area contributed by atoms with Crippen LogP contribution in [0.3, 0.4) is 0 Å². The van der Waals surface area contributed by atoms with E-state index in [-0.39, 0.29) is 19.4 Å². The fourth-order valence-electron chi connectivity index (χ4n) is 3.13. The fourth-order valence-corrected chi connectivity index (χ4v) is 3.13. The Hall–Kier alpha value is -2.97. The third kappa shape index (κ3) is 3.98. The van der Waals surface area contributed by atoms with Crippen LogP contribution in [-0.4, -0.2) is 42.5 Å². The van der Waals surface area contributed by atoms with Crippen molar-refractivity contribution in [2.45, 2.75) is 31.7 Å². The second-order valence-corrected chi connectivity index (χ2v) is 5.80. The largest absolute Gasteiger partial charge is 0.469 e. The normalized spacial score (nSPS) is 17.6.